The second kappa shape index (κ2) is 7.96. The Balaban J connectivity index is 2.67. The number of rotatable bonds is 7. The monoisotopic (exact) mass is 275 g/mol. The molecule has 1 N–H and O–H groups in total. The van der Waals surface area contributed by atoms with Crippen LogP contribution in [-0.2, 0) is 6.42 Å². The van der Waals surface area contributed by atoms with Gasteiger partial charge in [-0.05, 0) is 43.0 Å². The molecule has 0 spiro atoms. The van der Waals surface area contributed by atoms with Crippen molar-refractivity contribution in [1.82, 2.24) is 5.32 Å². The molecule has 0 fully saturated rings. The summed E-state index contributed by atoms with van der Waals surface area (Å²) in [6, 6.07) is 5.38. The van der Waals surface area contributed by atoms with Crippen LogP contribution < -0.4 is 5.32 Å². The van der Waals surface area contributed by atoms with Gasteiger partial charge in [0.05, 0.1) is 5.02 Å². The lowest BCUT2D eigenvalue weighted by molar-refractivity contribution is 0.512. The maximum absolute atomic E-state index is 13.3. The van der Waals surface area contributed by atoms with Crippen LogP contribution >= 0.6 is 23.4 Å². The van der Waals surface area contributed by atoms with E-state index in [-0.39, 0.29) is 10.8 Å². The zero-order chi connectivity index (χ0) is 12.7. The number of hydrogen-bond donors (Lipinski definition) is 1. The first-order valence-corrected chi connectivity index (χ1v) is 7.61. The Morgan fingerprint density at radius 2 is 2.24 bits per heavy atom. The molecule has 0 saturated heterocycles. The molecule has 0 aliphatic rings. The van der Waals surface area contributed by atoms with Gasteiger partial charge in [0.15, 0.2) is 0 Å². The number of likely N-dealkylation sites (N-methyl/N-ethyl adjacent to an activating group) is 1. The summed E-state index contributed by atoms with van der Waals surface area (Å²) in [5, 5.41) is 3.68. The van der Waals surface area contributed by atoms with Gasteiger partial charge in [-0.2, -0.15) is 11.8 Å². The van der Waals surface area contributed by atoms with E-state index < -0.39 is 0 Å². The van der Waals surface area contributed by atoms with Crippen LogP contribution in [0, 0.1) is 5.82 Å². The molecule has 0 bridgehead atoms. The zero-order valence-electron chi connectivity index (χ0n) is 10.3. The fraction of sp³-hybridized carbons (Fsp3) is 0.538. The first-order chi connectivity index (χ1) is 8.19. The van der Waals surface area contributed by atoms with Crippen molar-refractivity contribution in [3.05, 3.63) is 34.6 Å². The van der Waals surface area contributed by atoms with E-state index in [9.17, 15) is 4.39 Å². The second-order valence-corrected chi connectivity index (χ2v) is 5.32. The fourth-order valence-corrected chi connectivity index (χ4v) is 2.52. The number of thioether (sulfide) groups is 1. The largest absolute Gasteiger partial charge is 0.314 e. The summed E-state index contributed by atoms with van der Waals surface area (Å²) in [5.74, 6) is 0.772. The highest BCUT2D eigenvalue weighted by molar-refractivity contribution is 7.98. The highest BCUT2D eigenvalue weighted by Crippen LogP contribution is 2.21. The average Bonchev–Trinajstić information content (AvgIpc) is 2.32. The Labute approximate surface area is 112 Å². The van der Waals surface area contributed by atoms with Crippen molar-refractivity contribution in [2.45, 2.75) is 25.8 Å². The molecule has 4 heteroatoms. The summed E-state index contributed by atoms with van der Waals surface area (Å²) < 4.78 is 13.3. The molecule has 1 rings (SSSR count). The van der Waals surface area contributed by atoms with Crippen LogP contribution in [0.15, 0.2) is 18.2 Å². The third kappa shape index (κ3) is 4.86. The number of halogens is 2. The minimum atomic E-state index is -0.329. The van der Waals surface area contributed by atoms with Crippen LogP contribution in [0.4, 0.5) is 4.39 Å². The SMILES string of the molecule is CCNC(CCSC)Cc1cccc(F)c1Cl. The third-order valence-electron chi connectivity index (χ3n) is 2.66. The smallest absolute Gasteiger partial charge is 0.142 e. The molecule has 0 radical (unpaired) electrons. The van der Waals surface area contributed by atoms with Gasteiger partial charge in [-0.15, -0.1) is 0 Å². The van der Waals surface area contributed by atoms with E-state index in [4.69, 9.17) is 11.6 Å². The molecule has 1 unspecified atom stereocenters. The van der Waals surface area contributed by atoms with Crippen LogP contribution in [0.3, 0.4) is 0 Å². The number of nitrogens with one attached hydrogen (secondary N) is 1. The Morgan fingerprint density at radius 1 is 1.47 bits per heavy atom. The number of hydrogen-bond acceptors (Lipinski definition) is 2. The van der Waals surface area contributed by atoms with Gasteiger partial charge < -0.3 is 5.32 Å². The van der Waals surface area contributed by atoms with Crippen molar-refractivity contribution in [2.24, 2.45) is 0 Å². The van der Waals surface area contributed by atoms with Crippen molar-refractivity contribution in [2.75, 3.05) is 18.6 Å². The van der Waals surface area contributed by atoms with E-state index in [1.807, 2.05) is 17.8 Å². The maximum atomic E-state index is 13.3. The molecule has 0 aromatic heterocycles. The van der Waals surface area contributed by atoms with Crippen LogP contribution in [0.2, 0.25) is 5.02 Å². The van der Waals surface area contributed by atoms with Gasteiger partial charge in [0.2, 0.25) is 0 Å². The molecule has 17 heavy (non-hydrogen) atoms. The van der Waals surface area contributed by atoms with E-state index in [1.54, 1.807) is 6.07 Å². The minimum Gasteiger partial charge on any atom is -0.314 e. The second-order valence-electron chi connectivity index (χ2n) is 3.95. The van der Waals surface area contributed by atoms with E-state index in [0.717, 1.165) is 30.7 Å². The van der Waals surface area contributed by atoms with Crippen molar-refractivity contribution in [1.29, 1.82) is 0 Å². The van der Waals surface area contributed by atoms with Crippen molar-refractivity contribution in [3.63, 3.8) is 0 Å². The van der Waals surface area contributed by atoms with Crippen molar-refractivity contribution in [3.8, 4) is 0 Å². The topological polar surface area (TPSA) is 12.0 Å². The molecule has 1 aromatic carbocycles. The lowest BCUT2D eigenvalue weighted by Gasteiger charge is -2.18. The first-order valence-electron chi connectivity index (χ1n) is 5.84. The highest BCUT2D eigenvalue weighted by atomic mass is 35.5. The Kier molecular flexibility index (Phi) is 6.93. The van der Waals surface area contributed by atoms with Crippen LogP contribution in [-0.4, -0.2) is 24.6 Å². The fourth-order valence-electron chi connectivity index (χ4n) is 1.80. The maximum Gasteiger partial charge on any atom is 0.142 e. The van der Waals surface area contributed by atoms with E-state index in [2.05, 4.69) is 18.5 Å². The molecule has 0 aliphatic carbocycles. The van der Waals surface area contributed by atoms with Gasteiger partial charge in [0.1, 0.15) is 5.82 Å². The van der Waals surface area contributed by atoms with E-state index in [0.29, 0.717) is 6.04 Å². The molecule has 1 aromatic rings. The van der Waals surface area contributed by atoms with Gasteiger partial charge in [0, 0.05) is 6.04 Å². The molecular weight excluding hydrogens is 257 g/mol. The van der Waals surface area contributed by atoms with Gasteiger partial charge in [-0.1, -0.05) is 30.7 Å². The average molecular weight is 276 g/mol. The Hall–Kier alpha value is -0.250. The summed E-state index contributed by atoms with van der Waals surface area (Å²) in [7, 11) is 0. The number of benzene rings is 1. The molecule has 0 heterocycles. The van der Waals surface area contributed by atoms with Gasteiger partial charge in [0.25, 0.3) is 0 Å². The van der Waals surface area contributed by atoms with Gasteiger partial charge in [-0.3, -0.25) is 0 Å². The summed E-state index contributed by atoms with van der Waals surface area (Å²) >= 11 is 7.79. The van der Waals surface area contributed by atoms with Crippen LogP contribution in [0.25, 0.3) is 0 Å². The Morgan fingerprint density at radius 3 is 2.88 bits per heavy atom. The highest BCUT2D eigenvalue weighted by Gasteiger charge is 2.12. The van der Waals surface area contributed by atoms with Gasteiger partial charge >= 0.3 is 0 Å². The molecule has 1 nitrogen and oxygen atoms in total. The summed E-state index contributed by atoms with van der Waals surface area (Å²) in [6.07, 6.45) is 3.95. The Bertz CT molecular complexity index is 346. The van der Waals surface area contributed by atoms with Crippen molar-refractivity contribution < 1.29 is 4.39 Å². The predicted molar refractivity (Wildman–Crippen MR) is 75.6 cm³/mol. The van der Waals surface area contributed by atoms with Gasteiger partial charge in [-0.25, -0.2) is 4.39 Å². The quantitative estimate of drug-likeness (QED) is 0.813. The van der Waals surface area contributed by atoms with E-state index in [1.165, 1.54) is 6.07 Å². The standard InChI is InChI=1S/C13H19ClFNS/c1-3-16-11(7-8-17-2)9-10-5-4-6-12(15)13(10)14/h4-6,11,16H,3,7-9H2,1-2H3. The predicted octanol–water partition coefficient (Wildman–Crippen LogP) is 3.75. The van der Waals surface area contributed by atoms with Crippen LogP contribution in [0.1, 0.15) is 18.9 Å². The molecular formula is C13H19ClFNS. The lowest BCUT2D eigenvalue weighted by Crippen LogP contribution is -2.31. The lowest BCUT2D eigenvalue weighted by atomic mass is 10.0. The summed E-state index contributed by atoms with van der Waals surface area (Å²) in [5.41, 5.74) is 0.888. The molecule has 0 amide bonds. The minimum absolute atomic E-state index is 0.263. The normalized spacial score (nSPS) is 12.7. The summed E-state index contributed by atoms with van der Waals surface area (Å²) in [6.45, 7) is 3.01. The zero-order valence-corrected chi connectivity index (χ0v) is 11.9. The van der Waals surface area contributed by atoms with Crippen molar-refractivity contribution >= 4 is 23.4 Å². The van der Waals surface area contributed by atoms with E-state index >= 15 is 0 Å². The first kappa shape index (κ1) is 14.8. The molecule has 96 valence electrons. The molecule has 0 aliphatic heterocycles. The third-order valence-corrected chi connectivity index (χ3v) is 3.73. The summed E-state index contributed by atoms with van der Waals surface area (Å²) in [4.78, 5) is 0. The molecule has 1 atom stereocenters. The molecule has 0 saturated carbocycles. The van der Waals surface area contributed by atoms with Crippen LogP contribution in [0.5, 0.6) is 0 Å².